The predicted molar refractivity (Wildman–Crippen MR) is 112 cm³/mol. The maximum atomic E-state index is 11.6. The summed E-state index contributed by atoms with van der Waals surface area (Å²) < 4.78 is 0. The summed E-state index contributed by atoms with van der Waals surface area (Å²) in [6.07, 6.45) is 5.61. The van der Waals surface area contributed by atoms with Crippen molar-refractivity contribution in [2.75, 3.05) is 33.2 Å². The Morgan fingerprint density at radius 2 is 1.96 bits per heavy atom. The van der Waals surface area contributed by atoms with Crippen LogP contribution >= 0.6 is 24.0 Å². The largest absolute Gasteiger partial charge is 0.356 e. The van der Waals surface area contributed by atoms with Gasteiger partial charge >= 0.3 is 0 Å². The van der Waals surface area contributed by atoms with Crippen molar-refractivity contribution in [1.29, 1.82) is 0 Å². The second-order valence-corrected chi connectivity index (χ2v) is 6.63. The van der Waals surface area contributed by atoms with Crippen LogP contribution in [0.1, 0.15) is 52.9 Å². The minimum Gasteiger partial charge on any atom is -0.356 e. The molecule has 1 rings (SSSR count). The number of carbonyl (C=O) groups excluding carboxylic acids is 1. The number of hydrogen-bond acceptors (Lipinski definition) is 3. The van der Waals surface area contributed by atoms with E-state index in [1.165, 1.54) is 25.8 Å². The van der Waals surface area contributed by atoms with E-state index >= 15 is 0 Å². The molecule has 24 heavy (non-hydrogen) atoms. The number of amides is 1. The highest BCUT2D eigenvalue weighted by molar-refractivity contribution is 14.0. The first kappa shape index (κ1) is 23.4. The van der Waals surface area contributed by atoms with Gasteiger partial charge in [0.15, 0.2) is 5.96 Å². The smallest absolute Gasteiger partial charge is 0.221 e. The van der Waals surface area contributed by atoms with Crippen molar-refractivity contribution in [2.24, 2.45) is 4.99 Å². The van der Waals surface area contributed by atoms with Gasteiger partial charge in [-0.25, -0.2) is 0 Å². The van der Waals surface area contributed by atoms with Crippen molar-refractivity contribution >= 4 is 35.8 Å². The Balaban J connectivity index is 0.00000529. The van der Waals surface area contributed by atoms with Gasteiger partial charge in [0.25, 0.3) is 0 Å². The molecule has 1 heterocycles. The molecule has 1 amide bonds. The van der Waals surface area contributed by atoms with Gasteiger partial charge in [-0.2, -0.15) is 0 Å². The lowest BCUT2D eigenvalue weighted by Gasteiger charge is -2.33. The first-order chi connectivity index (χ1) is 11.0. The minimum absolute atomic E-state index is 0. The molecule has 0 aromatic heterocycles. The van der Waals surface area contributed by atoms with Crippen LogP contribution in [0.15, 0.2) is 4.99 Å². The maximum absolute atomic E-state index is 11.6. The van der Waals surface area contributed by atoms with Crippen LogP contribution in [0.5, 0.6) is 0 Å². The van der Waals surface area contributed by atoms with Crippen LogP contribution < -0.4 is 16.0 Å². The van der Waals surface area contributed by atoms with Crippen molar-refractivity contribution in [3.8, 4) is 0 Å². The lowest BCUT2D eigenvalue weighted by atomic mass is 10.0. The molecule has 142 valence electrons. The molecular formula is C17H36IN5O. The molecule has 1 aliphatic heterocycles. The normalized spacial score (nSPS) is 18.9. The van der Waals surface area contributed by atoms with E-state index in [2.05, 4.69) is 32.8 Å². The molecule has 1 fully saturated rings. The van der Waals surface area contributed by atoms with Gasteiger partial charge < -0.3 is 20.9 Å². The number of halogens is 1. The maximum Gasteiger partial charge on any atom is 0.221 e. The van der Waals surface area contributed by atoms with Gasteiger partial charge in [0, 0.05) is 45.2 Å². The van der Waals surface area contributed by atoms with Crippen molar-refractivity contribution < 1.29 is 4.79 Å². The van der Waals surface area contributed by atoms with E-state index in [0.29, 0.717) is 13.0 Å². The Morgan fingerprint density at radius 1 is 1.25 bits per heavy atom. The Labute approximate surface area is 164 Å². The summed E-state index contributed by atoms with van der Waals surface area (Å²) in [5.74, 6) is 0.844. The summed E-state index contributed by atoms with van der Waals surface area (Å²) in [4.78, 5) is 18.3. The first-order valence-electron chi connectivity index (χ1n) is 9.01. The molecule has 1 unspecified atom stereocenters. The molecule has 7 heteroatoms. The number of likely N-dealkylation sites (tertiary alicyclic amines) is 1. The SMILES string of the molecule is CN=C(NCCCN1CCCCC1C)NCCC(=O)NC(C)C.I. The fourth-order valence-electron chi connectivity index (χ4n) is 2.89. The molecule has 1 aliphatic rings. The number of nitrogens with one attached hydrogen (secondary N) is 3. The van der Waals surface area contributed by atoms with E-state index in [1.54, 1.807) is 7.05 Å². The molecular weight excluding hydrogens is 417 g/mol. The summed E-state index contributed by atoms with van der Waals surface area (Å²) in [5.41, 5.74) is 0. The zero-order valence-electron chi connectivity index (χ0n) is 15.7. The van der Waals surface area contributed by atoms with E-state index in [0.717, 1.165) is 31.5 Å². The number of nitrogens with zero attached hydrogens (tertiary/aromatic N) is 2. The predicted octanol–water partition coefficient (Wildman–Crippen LogP) is 1.95. The third-order valence-electron chi connectivity index (χ3n) is 4.17. The van der Waals surface area contributed by atoms with Crippen LogP contribution in [0.25, 0.3) is 0 Å². The molecule has 6 nitrogen and oxygen atoms in total. The number of carbonyl (C=O) groups is 1. The molecule has 0 aromatic carbocycles. The second-order valence-electron chi connectivity index (χ2n) is 6.63. The fourth-order valence-corrected chi connectivity index (χ4v) is 2.89. The summed E-state index contributed by atoms with van der Waals surface area (Å²) in [7, 11) is 1.76. The average Bonchev–Trinajstić information content (AvgIpc) is 2.50. The van der Waals surface area contributed by atoms with Crippen LogP contribution in [0.4, 0.5) is 0 Å². The Morgan fingerprint density at radius 3 is 2.58 bits per heavy atom. The lowest BCUT2D eigenvalue weighted by molar-refractivity contribution is -0.121. The quantitative estimate of drug-likeness (QED) is 0.228. The molecule has 1 atom stereocenters. The number of aliphatic imine (C=N–C) groups is 1. The highest BCUT2D eigenvalue weighted by Crippen LogP contribution is 2.15. The number of hydrogen-bond donors (Lipinski definition) is 3. The van der Waals surface area contributed by atoms with Gasteiger partial charge in [0.1, 0.15) is 0 Å². The molecule has 0 aromatic rings. The first-order valence-corrected chi connectivity index (χ1v) is 9.01. The van der Waals surface area contributed by atoms with E-state index in [1.807, 2.05) is 13.8 Å². The van der Waals surface area contributed by atoms with E-state index in [4.69, 9.17) is 0 Å². The van der Waals surface area contributed by atoms with Crippen molar-refractivity contribution in [3.63, 3.8) is 0 Å². The van der Waals surface area contributed by atoms with Crippen LogP contribution in [0.2, 0.25) is 0 Å². The highest BCUT2D eigenvalue weighted by atomic mass is 127. The molecule has 0 spiro atoms. The third-order valence-corrected chi connectivity index (χ3v) is 4.17. The topological polar surface area (TPSA) is 68.8 Å². The van der Waals surface area contributed by atoms with Gasteiger partial charge in [0.2, 0.25) is 5.91 Å². The number of piperidine rings is 1. The molecule has 0 radical (unpaired) electrons. The Kier molecular flexibility index (Phi) is 13.4. The number of guanidine groups is 1. The zero-order chi connectivity index (χ0) is 17.1. The Hall–Kier alpha value is -0.570. The second kappa shape index (κ2) is 13.7. The van der Waals surface area contributed by atoms with Gasteiger partial charge in [-0.1, -0.05) is 6.42 Å². The van der Waals surface area contributed by atoms with Gasteiger partial charge in [-0.05, 0) is 46.6 Å². The fraction of sp³-hybridized carbons (Fsp3) is 0.882. The van der Waals surface area contributed by atoms with Crippen LogP contribution in [-0.4, -0.2) is 62.1 Å². The van der Waals surface area contributed by atoms with Crippen molar-refractivity contribution in [1.82, 2.24) is 20.9 Å². The third kappa shape index (κ3) is 10.3. The summed E-state index contributed by atoms with van der Waals surface area (Å²) in [5, 5.41) is 9.39. The van der Waals surface area contributed by atoms with Gasteiger partial charge in [0.05, 0.1) is 0 Å². The molecule has 0 aliphatic carbocycles. The van der Waals surface area contributed by atoms with E-state index in [9.17, 15) is 4.79 Å². The monoisotopic (exact) mass is 453 g/mol. The zero-order valence-corrected chi connectivity index (χ0v) is 18.1. The van der Waals surface area contributed by atoms with Crippen LogP contribution in [0.3, 0.4) is 0 Å². The number of rotatable bonds is 8. The van der Waals surface area contributed by atoms with Gasteiger partial charge in [-0.15, -0.1) is 24.0 Å². The van der Waals surface area contributed by atoms with Crippen molar-refractivity contribution in [2.45, 2.75) is 65.0 Å². The molecule has 0 bridgehead atoms. The standard InChI is InChI=1S/C17H35N5O.HI/c1-14(2)21-16(23)9-11-20-17(18-4)19-10-7-13-22-12-6-5-8-15(22)3;/h14-15H,5-13H2,1-4H3,(H,21,23)(H2,18,19,20);1H. The van der Waals surface area contributed by atoms with Crippen molar-refractivity contribution in [3.05, 3.63) is 0 Å². The average molecular weight is 453 g/mol. The minimum atomic E-state index is 0. The summed E-state index contributed by atoms with van der Waals surface area (Å²) in [6, 6.07) is 0.915. The van der Waals surface area contributed by atoms with E-state index in [-0.39, 0.29) is 35.9 Å². The van der Waals surface area contributed by atoms with Crippen LogP contribution in [-0.2, 0) is 4.79 Å². The van der Waals surface area contributed by atoms with Gasteiger partial charge in [-0.3, -0.25) is 9.79 Å². The molecule has 1 saturated heterocycles. The molecule has 0 saturated carbocycles. The lowest BCUT2D eigenvalue weighted by Crippen LogP contribution is -2.42. The molecule has 3 N–H and O–H groups in total. The summed E-state index contributed by atoms with van der Waals surface area (Å²) >= 11 is 0. The Bertz CT molecular complexity index is 376. The summed E-state index contributed by atoms with van der Waals surface area (Å²) in [6.45, 7) is 10.1. The van der Waals surface area contributed by atoms with E-state index < -0.39 is 0 Å². The highest BCUT2D eigenvalue weighted by Gasteiger charge is 2.17. The van der Waals surface area contributed by atoms with Crippen LogP contribution in [0, 0.1) is 0 Å².